The summed E-state index contributed by atoms with van der Waals surface area (Å²) in [5.74, 6) is 0. The molecule has 2 atom stereocenters. The molecule has 14 heavy (non-hydrogen) atoms. The van der Waals surface area contributed by atoms with Gasteiger partial charge in [-0.3, -0.25) is 4.98 Å². The highest BCUT2D eigenvalue weighted by Crippen LogP contribution is 2.19. The zero-order valence-electron chi connectivity index (χ0n) is 8.44. The molecule has 0 unspecified atom stereocenters. The van der Waals surface area contributed by atoms with Gasteiger partial charge in [-0.05, 0) is 31.5 Å². The Labute approximate surface area is 84.5 Å². The van der Waals surface area contributed by atoms with Crippen LogP contribution in [0.1, 0.15) is 25.0 Å². The number of nitrogens with one attached hydrogen (secondary N) is 1. The Morgan fingerprint density at radius 2 is 2.57 bits per heavy atom. The summed E-state index contributed by atoms with van der Waals surface area (Å²) >= 11 is 0. The van der Waals surface area contributed by atoms with Gasteiger partial charge >= 0.3 is 0 Å². The molecule has 1 fully saturated rings. The minimum Gasteiger partial charge on any atom is -0.369 e. The molecule has 1 saturated heterocycles. The Morgan fingerprint density at radius 3 is 3.21 bits per heavy atom. The van der Waals surface area contributed by atoms with Crippen LogP contribution < -0.4 is 5.32 Å². The van der Waals surface area contributed by atoms with E-state index in [9.17, 15) is 0 Å². The maximum atomic E-state index is 5.89. The first kappa shape index (κ1) is 9.62. The lowest BCUT2D eigenvalue weighted by molar-refractivity contribution is 0.00812. The monoisotopic (exact) mass is 192 g/mol. The van der Waals surface area contributed by atoms with Crippen LogP contribution in [0.5, 0.6) is 0 Å². The molecule has 1 aliphatic rings. The molecular formula is C11H16N2O. The first-order valence-electron chi connectivity index (χ1n) is 5.12. The molecule has 3 nitrogen and oxygen atoms in total. The van der Waals surface area contributed by atoms with Crippen LogP contribution in [-0.4, -0.2) is 24.2 Å². The van der Waals surface area contributed by atoms with Gasteiger partial charge in [-0.2, -0.15) is 0 Å². The summed E-state index contributed by atoms with van der Waals surface area (Å²) in [7, 11) is 0. The van der Waals surface area contributed by atoms with E-state index in [-0.39, 0.29) is 6.10 Å². The Bertz CT molecular complexity index is 270. The summed E-state index contributed by atoms with van der Waals surface area (Å²) < 4.78 is 5.89. The fourth-order valence-electron chi connectivity index (χ4n) is 1.73. The molecule has 1 N–H and O–H groups in total. The molecule has 76 valence electrons. The van der Waals surface area contributed by atoms with Crippen LogP contribution in [0.15, 0.2) is 24.5 Å². The Balaban J connectivity index is 1.92. The summed E-state index contributed by atoms with van der Waals surface area (Å²) in [6.07, 6.45) is 5.28. The van der Waals surface area contributed by atoms with E-state index in [0.29, 0.717) is 6.10 Å². The quantitative estimate of drug-likeness (QED) is 0.788. The van der Waals surface area contributed by atoms with Crippen LogP contribution in [0.3, 0.4) is 0 Å². The van der Waals surface area contributed by atoms with Gasteiger partial charge in [0.05, 0.1) is 12.2 Å². The molecule has 0 saturated carbocycles. The van der Waals surface area contributed by atoms with Gasteiger partial charge < -0.3 is 10.1 Å². The third kappa shape index (κ3) is 2.30. The van der Waals surface area contributed by atoms with Crippen LogP contribution in [0.25, 0.3) is 0 Å². The third-order valence-corrected chi connectivity index (χ3v) is 2.57. The minimum absolute atomic E-state index is 0.147. The zero-order chi connectivity index (χ0) is 9.80. The zero-order valence-corrected chi connectivity index (χ0v) is 8.44. The van der Waals surface area contributed by atoms with Crippen LogP contribution >= 0.6 is 0 Å². The van der Waals surface area contributed by atoms with Crippen molar-refractivity contribution in [2.75, 3.05) is 13.1 Å². The molecule has 1 aromatic rings. The number of aromatic nitrogens is 1. The molecular weight excluding hydrogens is 176 g/mol. The van der Waals surface area contributed by atoms with E-state index in [1.807, 2.05) is 12.3 Å². The van der Waals surface area contributed by atoms with Crippen molar-refractivity contribution in [3.05, 3.63) is 30.1 Å². The smallest absolute Gasteiger partial charge is 0.0816 e. The lowest BCUT2D eigenvalue weighted by Crippen LogP contribution is -2.18. The molecule has 3 heteroatoms. The number of hydrogen-bond donors (Lipinski definition) is 1. The van der Waals surface area contributed by atoms with E-state index >= 15 is 0 Å². The van der Waals surface area contributed by atoms with Crippen LogP contribution in [-0.2, 0) is 4.74 Å². The molecule has 1 aliphatic heterocycles. The number of hydrogen-bond acceptors (Lipinski definition) is 3. The van der Waals surface area contributed by atoms with Gasteiger partial charge in [0.1, 0.15) is 0 Å². The van der Waals surface area contributed by atoms with Gasteiger partial charge in [0.2, 0.25) is 0 Å². The van der Waals surface area contributed by atoms with Crippen LogP contribution in [0, 0.1) is 0 Å². The minimum atomic E-state index is 0.147. The average Bonchev–Trinajstić information content (AvgIpc) is 2.72. The second-order valence-electron chi connectivity index (χ2n) is 3.68. The second kappa shape index (κ2) is 4.53. The molecule has 0 amide bonds. The van der Waals surface area contributed by atoms with Crippen molar-refractivity contribution in [3.8, 4) is 0 Å². The van der Waals surface area contributed by atoms with Gasteiger partial charge in [0.15, 0.2) is 0 Å². The first-order valence-corrected chi connectivity index (χ1v) is 5.12. The largest absolute Gasteiger partial charge is 0.369 e. The van der Waals surface area contributed by atoms with E-state index in [1.165, 1.54) is 0 Å². The van der Waals surface area contributed by atoms with Gasteiger partial charge in [-0.1, -0.05) is 6.07 Å². The van der Waals surface area contributed by atoms with Gasteiger partial charge in [0.25, 0.3) is 0 Å². The summed E-state index contributed by atoms with van der Waals surface area (Å²) in [6.45, 7) is 4.13. The van der Waals surface area contributed by atoms with E-state index < -0.39 is 0 Å². The summed E-state index contributed by atoms with van der Waals surface area (Å²) in [5.41, 5.74) is 1.15. The molecule has 0 aliphatic carbocycles. The number of nitrogens with zero attached hydrogens (tertiary/aromatic N) is 1. The fraction of sp³-hybridized carbons (Fsp3) is 0.545. The van der Waals surface area contributed by atoms with E-state index in [2.05, 4.69) is 23.3 Å². The SMILES string of the molecule is C[C@H](O[C@H]1CCNC1)c1cccnc1. The average molecular weight is 192 g/mol. The lowest BCUT2D eigenvalue weighted by Gasteiger charge is -2.17. The predicted molar refractivity (Wildman–Crippen MR) is 55.0 cm³/mol. The normalized spacial score (nSPS) is 23.6. The molecule has 0 bridgehead atoms. The number of rotatable bonds is 3. The van der Waals surface area contributed by atoms with Gasteiger partial charge in [0, 0.05) is 18.9 Å². The molecule has 2 rings (SSSR count). The second-order valence-corrected chi connectivity index (χ2v) is 3.68. The van der Waals surface area contributed by atoms with Crippen molar-refractivity contribution in [2.24, 2.45) is 0 Å². The molecule has 0 radical (unpaired) electrons. The standard InChI is InChI=1S/C11H16N2O/c1-9(10-3-2-5-12-7-10)14-11-4-6-13-8-11/h2-3,5,7,9,11,13H,4,6,8H2,1H3/t9-,11-/m0/s1. The highest BCUT2D eigenvalue weighted by molar-refractivity contribution is 5.11. The molecule has 1 aromatic heterocycles. The molecule has 0 aromatic carbocycles. The Kier molecular flexibility index (Phi) is 3.11. The van der Waals surface area contributed by atoms with Crippen LogP contribution in [0.2, 0.25) is 0 Å². The Morgan fingerprint density at radius 1 is 1.64 bits per heavy atom. The molecule has 2 heterocycles. The highest BCUT2D eigenvalue weighted by atomic mass is 16.5. The Hall–Kier alpha value is -0.930. The number of ether oxygens (including phenoxy) is 1. The van der Waals surface area contributed by atoms with E-state index in [0.717, 1.165) is 25.1 Å². The summed E-state index contributed by atoms with van der Waals surface area (Å²) in [4.78, 5) is 4.08. The van der Waals surface area contributed by atoms with Crippen molar-refractivity contribution >= 4 is 0 Å². The maximum Gasteiger partial charge on any atom is 0.0816 e. The van der Waals surface area contributed by atoms with Crippen molar-refractivity contribution in [2.45, 2.75) is 25.6 Å². The summed E-state index contributed by atoms with van der Waals surface area (Å²) in [6, 6.07) is 4.00. The summed E-state index contributed by atoms with van der Waals surface area (Å²) in [5, 5.41) is 3.29. The van der Waals surface area contributed by atoms with Gasteiger partial charge in [-0.15, -0.1) is 0 Å². The lowest BCUT2D eigenvalue weighted by atomic mass is 10.2. The fourth-order valence-corrected chi connectivity index (χ4v) is 1.73. The number of pyridine rings is 1. The predicted octanol–water partition coefficient (Wildman–Crippen LogP) is 1.52. The maximum absolute atomic E-state index is 5.89. The van der Waals surface area contributed by atoms with E-state index in [1.54, 1.807) is 6.20 Å². The highest BCUT2D eigenvalue weighted by Gasteiger charge is 2.18. The third-order valence-electron chi connectivity index (χ3n) is 2.57. The van der Waals surface area contributed by atoms with Crippen molar-refractivity contribution in [1.82, 2.24) is 10.3 Å². The van der Waals surface area contributed by atoms with Crippen molar-refractivity contribution < 1.29 is 4.74 Å². The van der Waals surface area contributed by atoms with Gasteiger partial charge in [-0.25, -0.2) is 0 Å². The van der Waals surface area contributed by atoms with Crippen LogP contribution in [0.4, 0.5) is 0 Å². The molecule has 0 spiro atoms. The topological polar surface area (TPSA) is 34.1 Å². The first-order chi connectivity index (χ1) is 6.86. The van der Waals surface area contributed by atoms with E-state index in [4.69, 9.17) is 4.74 Å². The van der Waals surface area contributed by atoms with Crippen molar-refractivity contribution in [3.63, 3.8) is 0 Å². The van der Waals surface area contributed by atoms with Crippen molar-refractivity contribution in [1.29, 1.82) is 0 Å².